The number of alkyl carbamates (subject to hydrolysis) is 1. The molecule has 0 saturated carbocycles. The van der Waals surface area contributed by atoms with Crippen molar-refractivity contribution in [1.82, 2.24) is 10.2 Å². The minimum absolute atomic E-state index is 0.0764. The van der Waals surface area contributed by atoms with Crippen LogP contribution in [0.5, 0.6) is 0 Å². The number of carboxylic acid groups (broad SMARTS) is 1. The molecule has 0 spiro atoms. The molecule has 5 rings (SSSR count). The molecule has 11 heteroatoms. The van der Waals surface area contributed by atoms with Gasteiger partial charge in [-0.3, -0.25) is 25.1 Å². The van der Waals surface area contributed by atoms with E-state index in [1.54, 1.807) is 54.4 Å². The van der Waals surface area contributed by atoms with Gasteiger partial charge in [-0.2, -0.15) is 0 Å². The number of carboxylic acids is 1. The molecule has 3 amide bonds. The number of carbonyl (C=O) groups is 4. The molecule has 0 fully saturated rings. The maximum Gasteiger partial charge on any atom is 0.413 e. The van der Waals surface area contributed by atoms with Crippen LogP contribution in [0.4, 0.5) is 16.2 Å². The van der Waals surface area contributed by atoms with Crippen LogP contribution >= 0.6 is 0 Å². The van der Waals surface area contributed by atoms with E-state index in [-0.39, 0.29) is 30.8 Å². The summed E-state index contributed by atoms with van der Waals surface area (Å²) in [5.74, 6) is -1.89. The van der Waals surface area contributed by atoms with Crippen LogP contribution < -0.4 is 15.5 Å². The zero-order valence-electron chi connectivity index (χ0n) is 25.8. The van der Waals surface area contributed by atoms with Gasteiger partial charge in [0.05, 0.1) is 6.42 Å². The maximum absolute atomic E-state index is 13.5. The van der Waals surface area contributed by atoms with Gasteiger partial charge in [0, 0.05) is 42.6 Å². The van der Waals surface area contributed by atoms with Crippen LogP contribution in [0.3, 0.4) is 0 Å². The smallest absolute Gasteiger partial charge is 0.413 e. The zero-order chi connectivity index (χ0) is 33.3. The van der Waals surface area contributed by atoms with E-state index in [0.29, 0.717) is 35.5 Å². The summed E-state index contributed by atoms with van der Waals surface area (Å²) in [6.45, 7) is 0.768. The Hall–Kier alpha value is -5.97. The van der Waals surface area contributed by atoms with Crippen molar-refractivity contribution >= 4 is 41.1 Å². The summed E-state index contributed by atoms with van der Waals surface area (Å²) in [4.78, 5) is 53.8. The van der Waals surface area contributed by atoms with Gasteiger partial charge in [0.25, 0.3) is 5.91 Å². The summed E-state index contributed by atoms with van der Waals surface area (Å²) in [5, 5.41) is 23.2. The number of benzene rings is 4. The van der Waals surface area contributed by atoms with Crippen molar-refractivity contribution in [2.75, 3.05) is 23.8 Å². The minimum atomic E-state index is -1.11. The van der Waals surface area contributed by atoms with Crippen LogP contribution in [0.2, 0.25) is 0 Å². The number of nitrogens with one attached hydrogen (secondary N) is 3. The number of hydrogen-bond acceptors (Lipinski definition) is 7. The molecule has 4 aromatic carbocycles. The normalized spacial score (nSPS) is 13.9. The van der Waals surface area contributed by atoms with E-state index in [0.717, 1.165) is 16.7 Å². The summed E-state index contributed by atoms with van der Waals surface area (Å²) in [5.41, 5.74) is 4.51. The highest BCUT2D eigenvalue weighted by Gasteiger charge is 2.31. The number of amides is 3. The average molecular weight is 634 g/mol. The van der Waals surface area contributed by atoms with Crippen molar-refractivity contribution in [2.24, 2.45) is 0 Å². The summed E-state index contributed by atoms with van der Waals surface area (Å²) >= 11 is 0. The lowest BCUT2D eigenvalue weighted by atomic mass is 10.1. The lowest BCUT2D eigenvalue weighted by Crippen LogP contribution is -2.42. The number of carbonyl (C=O) groups excluding carboxylic acids is 3. The Morgan fingerprint density at radius 3 is 2.23 bits per heavy atom. The first-order valence-corrected chi connectivity index (χ1v) is 15.1. The quantitative estimate of drug-likeness (QED) is 0.141. The topological polar surface area (TPSA) is 152 Å². The van der Waals surface area contributed by atoms with Gasteiger partial charge in [-0.15, -0.1) is 0 Å². The fourth-order valence-electron chi connectivity index (χ4n) is 5.24. The standard InChI is InChI=1S/C36H35N5O6/c1-40(29-16-14-26(15-17-29)33(37)39-36(46)47-23-25-10-6-3-7-11-25)34(44)27-12-13-28-22-41(19-18-24-8-4-2-5-9-24)35(45)31(21-32(42)43)38-30(28)20-27/h2-17,20,31,38H,18-19,21-23H2,1H3,(H,42,43)(H2,37,39,46)/t31-/m1/s1. The van der Waals surface area contributed by atoms with E-state index in [4.69, 9.17) is 10.1 Å². The van der Waals surface area contributed by atoms with Crippen molar-refractivity contribution < 1.29 is 29.0 Å². The third kappa shape index (κ3) is 8.40. The Morgan fingerprint density at radius 1 is 0.936 bits per heavy atom. The molecule has 0 bridgehead atoms. The van der Waals surface area contributed by atoms with E-state index >= 15 is 0 Å². The van der Waals surface area contributed by atoms with Crippen LogP contribution in [-0.2, 0) is 33.9 Å². The molecule has 11 nitrogen and oxygen atoms in total. The highest BCUT2D eigenvalue weighted by molar-refractivity contribution is 6.07. The molecule has 0 radical (unpaired) electrons. The number of rotatable bonds is 10. The first-order valence-electron chi connectivity index (χ1n) is 15.1. The van der Waals surface area contributed by atoms with Crippen molar-refractivity contribution in [2.45, 2.75) is 32.0 Å². The molecule has 1 atom stereocenters. The molecule has 1 aliphatic heterocycles. The molecule has 1 heterocycles. The summed E-state index contributed by atoms with van der Waals surface area (Å²) < 4.78 is 5.18. The number of hydrogen-bond donors (Lipinski definition) is 4. The maximum atomic E-state index is 13.5. The van der Waals surface area contributed by atoms with E-state index in [1.165, 1.54) is 4.90 Å². The lowest BCUT2D eigenvalue weighted by molar-refractivity contribution is -0.141. The van der Waals surface area contributed by atoms with Crippen molar-refractivity contribution in [3.05, 3.63) is 131 Å². The molecular weight excluding hydrogens is 598 g/mol. The Morgan fingerprint density at radius 2 is 1.57 bits per heavy atom. The molecule has 0 aromatic heterocycles. The molecule has 0 unspecified atom stereocenters. The average Bonchev–Trinajstić information content (AvgIpc) is 3.21. The van der Waals surface area contributed by atoms with E-state index in [9.17, 15) is 24.3 Å². The van der Waals surface area contributed by atoms with Crippen LogP contribution in [0, 0.1) is 5.41 Å². The molecule has 1 aliphatic rings. The zero-order valence-corrected chi connectivity index (χ0v) is 25.8. The van der Waals surface area contributed by atoms with Gasteiger partial charge in [-0.1, -0.05) is 66.7 Å². The van der Waals surface area contributed by atoms with Crippen LogP contribution in [0.1, 0.15) is 39.0 Å². The van der Waals surface area contributed by atoms with Crippen molar-refractivity contribution in [3.8, 4) is 0 Å². The van der Waals surface area contributed by atoms with Crippen molar-refractivity contribution in [1.29, 1.82) is 5.41 Å². The second kappa shape index (κ2) is 14.9. The number of amidine groups is 1. The van der Waals surface area contributed by atoms with Gasteiger partial charge < -0.3 is 25.0 Å². The molecule has 0 aliphatic carbocycles. The number of nitrogens with zero attached hydrogens (tertiary/aromatic N) is 2. The molecule has 4 aromatic rings. The minimum Gasteiger partial charge on any atom is -0.481 e. The van der Waals surface area contributed by atoms with E-state index < -0.39 is 24.5 Å². The monoisotopic (exact) mass is 633 g/mol. The second-order valence-electron chi connectivity index (χ2n) is 11.1. The molecular formula is C36H35N5O6. The van der Waals surface area contributed by atoms with Gasteiger partial charge >= 0.3 is 12.1 Å². The van der Waals surface area contributed by atoms with Gasteiger partial charge in [-0.25, -0.2) is 4.79 Å². The fourth-order valence-corrected chi connectivity index (χ4v) is 5.24. The molecule has 240 valence electrons. The Bertz CT molecular complexity index is 1760. The van der Waals surface area contributed by atoms with Crippen LogP contribution in [-0.4, -0.2) is 59.4 Å². The first kappa shape index (κ1) is 32.4. The predicted octanol–water partition coefficient (Wildman–Crippen LogP) is 5.06. The number of aliphatic carboxylic acids is 1. The van der Waals surface area contributed by atoms with Crippen molar-refractivity contribution in [3.63, 3.8) is 0 Å². The van der Waals surface area contributed by atoms with Gasteiger partial charge in [0.1, 0.15) is 18.5 Å². The van der Waals surface area contributed by atoms with Crippen LogP contribution in [0.25, 0.3) is 0 Å². The van der Waals surface area contributed by atoms with Gasteiger partial charge in [0.15, 0.2) is 0 Å². The first-order chi connectivity index (χ1) is 22.7. The summed E-state index contributed by atoms with van der Waals surface area (Å²) in [6.07, 6.45) is -0.534. The predicted molar refractivity (Wildman–Crippen MR) is 177 cm³/mol. The largest absolute Gasteiger partial charge is 0.481 e. The lowest BCUT2D eigenvalue weighted by Gasteiger charge is -2.24. The molecule has 47 heavy (non-hydrogen) atoms. The summed E-state index contributed by atoms with van der Waals surface area (Å²) in [7, 11) is 1.61. The van der Waals surface area contributed by atoms with E-state index in [2.05, 4.69) is 10.6 Å². The second-order valence-corrected chi connectivity index (χ2v) is 11.1. The Balaban J connectivity index is 1.25. The van der Waals surface area contributed by atoms with Gasteiger partial charge in [0.2, 0.25) is 5.91 Å². The number of fused-ring (bicyclic) bond motifs is 1. The number of anilines is 2. The van der Waals surface area contributed by atoms with Crippen LogP contribution in [0.15, 0.2) is 103 Å². The highest BCUT2D eigenvalue weighted by Crippen LogP contribution is 2.27. The molecule has 4 N–H and O–H groups in total. The Kier molecular flexibility index (Phi) is 10.3. The van der Waals surface area contributed by atoms with Gasteiger partial charge in [-0.05, 0) is 59.5 Å². The third-order valence-corrected chi connectivity index (χ3v) is 7.84. The highest BCUT2D eigenvalue weighted by atomic mass is 16.5. The SMILES string of the molecule is CN(C(=O)c1ccc2c(c1)N[C@H](CC(=O)O)C(=O)N(CCc1ccccc1)C2)c1ccc(C(=N)NC(=O)OCc2ccccc2)cc1. The third-order valence-electron chi connectivity index (χ3n) is 7.84. The summed E-state index contributed by atoms with van der Waals surface area (Å²) in [6, 6.07) is 29.6. The fraction of sp³-hybridized carbons (Fsp3) is 0.194. The Labute approximate surface area is 272 Å². The number of ether oxygens (including phenoxy) is 1. The van der Waals surface area contributed by atoms with E-state index in [1.807, 2.05) is 60.7 Å². The molecule has 0 saturated heterocycles.